The molecule has 0 aliphatic heterocycles. The lowest BCUT2D eigenvalue weighted by atomic mass is 9.47. The van der Waals surface area contributed by atoms with Crippen molar-refractivity contribution < 1.29 is 0 Å². The molecule has 0 radical (unpaired) electrons. The van der Waals surface area contributed by atoms with Crippen molar-refractivity contribution >= 4 is 0 Å². The smallest absolute Gasteiger partial charge is 0.0693 e. The van der Waals surface area contributed by atoms with Gasteiger partial charge in [0.25, 0.3) is 0 Å². The maximum Gasteiger partial charge on any atom is 0.0693 e. The van der Waals surface area contributed by atoms with Gasteiger partial charge in [-0.1, -0.05) is 31.9 Å². The third kappa shape index (κ3) is 1.22. The second kappa shape index (κ2) is 3.13. The maximum absolute atomic E-state index is 9.32. The zero-order valence-corrected chi connectivity index (χ0v) is 10.4. The van der Waals surface area contributed by atoms with Crippen LogP contribution in [0.2, 0.25) is 0 Å². The van der Waals surface area contributed by atoms with Crippen molar-refractivity contribution in [1.82, 2.24) is 0 Å². The number of nitriles is 1. The van der Waals surface area contributed by atoms with Gasteiger partial charge >= 0.3 is 0 Å². The van der Waals surface area contributed by atoms with Gasteiger partial charge in [0.05, 0.1) is 11.5 Å². The van der Waals surface area contributed by atoms with E-state index in [0.29, 0.717) is 5.41 Å². The molecule has 16 heavy (non-hydrogen) atoms. The van der Waals surface area contributed by atoms with Gasteiger partial charge in [-0.05, 0) is 49.4 Å². The molecule has 4 aliphatic carbocycles. The minimum Gasteiger partial charge on any atom is -0.198 e. The molecule has 4 rings (SSSR count). The van der Waals surface area contributed by atoms with E-state index in [1.54, 1.807) is 5.57 Å². The van der Waals surface area contributed by atoms with Crippen LogP contribution < -0.4 is 0 Å². The summed E-state index contributed by atoms with van der Waals surface area (Å²) >= 11 is 0. The van der Waals surface area contributed by atoms with Crippen LogP contribution in [0.25, 0.3) is 0 Å². The van der Waals surface area contributed by atoms with Crippen LogP contribution in [0, 0.1) is 34.0 Å². The average molecular weight is 215 g/mol. The normalized spacial score (nSPS) is 37.7. The molecule has 0 heterocycles. The van der Waals surface area contributed by atoms with Crippen molar-refractivity contribution in [3.05, 3.63) is 11.6 Å². The molecule has 4 aliphatic rings. The molecule has 1 nitrogen and oxygen atoms in total. The minimum absolute atomic E-state index is 0.0321. The molecular weight excluding hydrogens is 194 g/mol. The van der Waals surface area contributed by atoms with E-state index in [9.17, 15) is 5.26 Å². The molecule has 0 unspecified atom stereocenters. The van der Waals surface area contributed by atoms with E-state index in [0.717, 1.165) is 31.1 Å². The summed E-state index contributed by atoms with van der Waals surface area (Å²) in [5, 5.41) is 9.32. The van der Waals surface area contributed by atoms with E-state index in [-0.39, 0.29) is 5.41 Å². The van der Waals surface area contributed by atoms with Crippen LogP contribution in [0.4, 0.5) is 0 Å². The van der Waals surface area contributed by atoms with E-state index < -0.39 is 0 Å². The lowest BCUT2D eigenvalue weighted by Gasteiger charge is -2.57. The van der Waals surface area contributed by atoms with Crippen LogP contribution in [-0.2, 0) is 0 Å². The molecule has 0 aromatic heterocycles. The fraction of sp³-hybridized carbons (Fsp3) is 0.800. The van der Waals surface area contributed by atoms with Gasteiger partial charge in [0.2, 0.25) is 0 Å². The van der Waals surface area contributed by atoms with Gasteiger partial charge in [-0.2, -0.15) is 5.26 Å². The summed E-state index contributed by atoms with van der Waals surface area (Å²) in [6.07, 6.45) is 9.72. The van der Waals surface area contributed by atoms with Gasteiger partial charge in [-0.25, -0.2) is 0 Å². The second-order valence-electron chi connectivity index (χ2n) is 6.74. The SMILES string of the molecule is CC1(C)[C@H]2CC=C(CC3(C#N)CCC3)[C@@H]1C2. The Hall–Kier alpha value is -0.770. The van der Waals surface area contributed by atoms with E-state index in [2.05, 4.69) is 26.0 Å². The van der Waals surface area contributed by atoms with Gasteiger partial charge in [-0.3, -0.25) is 0 Å². The Bertz CT molecular complexity index is 379. The molecule has 0 amide bonds. The highest BCUT2D eigenvalue weighted by Gasteiger charge is 2.52. The van der Waals surface area contributed by atoms with E-state index >= 15 is 0 Å². The third-order valence-corrected chi connectivity index (χ3v) is 5.67. The molecule has 2 bridgehead atoms. The average Bonchev–Trinajstić information content (AvgIpc) is 2.23. The Kier molecular flexibility index (Phi) is 2.03. The van der Waals surface area contributed by atoms with Crippen LogP contribution in [0.3, 0.4) is 0 Å². The molecule has 0 N–H and O–H groups in total. The van der Waals surface area contributed by atoms with E-state index in [1.807, 2.05) is 0 Å². The van der Waals surface area contributed by atoms with E-state index in [1.165, 1.54) is 19.3 Å². The summed E-state index contributed by atoms with van der Waals surface area (Å²) < 4.78 is 0. The van der Waals surface area contributed by atoms with Crippen LogP contribution in [0.5, 0.6) is 0 Å². The highest BCUT2D eigenvalue weighted by atomic mass is 14.6. The Morgan fingerprint density at radius 1 is 1.44 bits per heavy atom. The number of fused-ring (bicyclic) bond motifs is 1. The first kappa shape index (κ1) is 10.4. The first-order valence-electron chi connectivity index (χ1n) is 6.68. The topological polar surface area (TPSA) is 23.8 Å². The van der Waals surface area contributed by atoms with Gasteiger partial charge in [0.15, 0.2) is 0 Å². The second-order valence-corrected chi connectivity index (χ2v) is 6.74. The minimum atomic E-state index is 0.0321. The standard InChI is InChI=1S/C15H21N/c1-14(2)12-5-4-11(13(14)8-12)9-15(10-16)6-3-7-15/h4,12-13H,3,5-9H2,1-2H3/t12-,13-/m0/s1. The molecule has 86 valence electrons. The van der Waals surface area contributed by atoms with Gasteiger partial charge in [-0.15, -0.1) is 0 Å². The number of hydrogen-bond acceptors (Lipinski definition) is 1. The highest BCUT2D eigenvalue weighted by molar-refractivity contribution is 5.26. The van der Waals surface area contributed by atoms with Gasteiger partial charge in [0, 0.05) is 0 Å². The number of hydrogen-bond donors (Lipinski definition) is 0. The van der Waals surface area contributed by atoms with Gasteiger partial charge < -0.3 is 0 Å². The predicted octanol–water partition coefficient (Wildman–Crippen LogP) is 4.06. The highest BCUT2D eigenvalue weighted by Crippen LogP contribution is 2.61. The molecule has 0 aromatic rings. The van der Waals surface area contributed by atoms with Crippen LogP contribution in [-0.4, -0.2) is 0 Å². The van der Waals surface area contributed by atoms with Crippen LogP contribution in [0.1, 0.15) is 52.4 Å². The summed E-state index contributed by atoms with van der Waals surface area (Å²) in [5.74, 6) is 1.71. The molecule has 2 fully saturated rings. The van der Waals surface area contributed by atoms with Crippen molar-refractivity contribution in [1.29, 1.82) is 5.26 Å². The molecule has 2 atom stereocenters. The Balaban J connectivity index is 1.77. The third-order valence-electron chi connectivity index (χ3n) is 5.67. The Morgan fingerprint density at radius 2 is 2.19 bits per heavy atom. The zero-order chi connectivity index (χ0) is 11.4. The fourth-order valence-corrected chi connectivity index (χ4v) is 4.00. The molecule has 2 saturated carbocycles. The van der Waals surface area contributed by atoms with Crippen molar-refractivity contribution in [2.75, 3.05) is 0 Å². The fourth-order valence-electron chi connectivity index (χ4n) is 4.00. The lowest BCUT2D eigenvalue weighted by molar-refractivity contribution is -0.0129. The zero-order valence-electron chi connectivity index (χ0n) is 10.4. The number of nitrogens with zero attached hydrogens (tertiary/aromatic N) is 1. The van der Waals surface area contributed by atoms with E-state index in [4.69, 9.17) is 0 Å². The number of allylic oxidation sites excluding steroid dienone is 2. The Morgan fingerprint density at radius 3 is 2.62 bits per heavy atom. The molecule has 0 aromatic carbocycles. The Labute approximate surface area is 98.5 Å². The predicted molar refractivity (Wildman–Crippen MR) is 64.6 cm³/mol. The molecule has 1 heteroatoms. The largest absolute Gasteiger partial charge is 0.198 e. The summed E-state index contributed by atoms with van der Waals surface area (Å²) in [7, 11) is 0. The monoisotopic (exact) mass is 215 g/mol. The molecular formula is C15H21N. The van der Waals surface area contributed by atoms with Crippen molar-refractivity contribution in [3.63, 3.8) is 0 Å². The quantitative estimate of drug-likeness (QED) is 0.637. The molecule has 0 spiro atoms. The summed E-state index contributed by atoms with van der Waals surface area (Å²) in [5.41, 5.74) is 2.17. The van der Waals surface area contributed by atoms with Crippen LogP contribution in [0.15, 0.2) is 11.6 Å². The summed E-state index contributed by atoms with van der Waals surface area (Å²) in [4.78, 5) is 0. The van der Waals surface area contributed by atoms with Crippen LogP contribution >= 0.6 is 0 Å². The van der Waals surface area contributed by atoms with Gasteiger partial charge in [0.1, 0.15) is 0 Å². The summed E-state index contributed by atoms with van der Waals surface area (Å²) in [6, 6.07) is 2.59. The summed E-state index contributed by atoms with van der Waals surface area (Å²) in [6.45, 7) is 4.83. The molecule has 0 saturated heterocycles. The first-order chi connectivity index (χ1) is 7.57. The van der Waals surface area contributed by atoms with Crippen molar-refractivity contribution in [2.24, 2.45) is 22.7 Å². The lowest BCUT2D eigenvalue weighted by Crippen LogP contribution is -2.49. The number of rotatable bonds is 2. The maximum atomic E-state index is 9.32. The first-order valence-corrected chi connectivity index (χ1v) is 6.68. The van der Waals surface area contributed by atoms with Crippen molar-refractivity contribution in [2.45, 2.75) is 52.4 Å². The van der Waals surface area contributed by atoms with Crippen molar-refractivity contribution in [3.8, 4) is 6.07 Å².